The van der Waals surface area contributed by atoms with Gasteiger partial charge in [0.2, 0.25) is 11.8 Å². The summed E-state index contributed by atoms with van der Waals surface area (Å²) in [5, 5.41) is 2.96. The number of anilines is 1. The van der Waals surface area contributed by atoms with E-state index < -0.39 is 28.5 Å². The zero-order valence-electron chi connectivity index (χ0n) is 25.3. The quantitative estimate of drug-likeness (QED) is 0.242. The third-order valence-corrected chi connectivity index (χ3v) is 8.96. The molecule has 1 atom stereocenters. The van der Waals surface area contributed by atoms with Crippen molar-refractivity contribution in [1.82, 2.24) is 10.2 Å². The Bertz CT molecular complexity index is 1430. The van der Waals surface area contributed by atoms with Crippen molar-refractivity contribution in [2.45, 2.75) is 64.3 Å². The molecule has 0 heterocycles. The van der Waals surface area contributed by atoms with Crippen LogP contribution in [-0.2, 0) is 26.0 Å². The molecule has 0 aliphatic rings. The number of carbonyl (C=O) groups excluding carboxylic acids is 2. The lowest BCUT2D eigenvalue weighted by molar-refractivity contribution is -0.139. The number of amides is 2. The zero-order valence-corrected chi connectivity index (χ0v) is 26.1. The molecule has 0 radical (unpaired) electrons. The highest BCUT2D eigenvalue weighted by Crippen LogP contribution is 2.33. The Morgan fingerprint density at radius 1 is 0.929 bits per heavy atom. The molecule has 0 fully saturated rings. The number of nitrogens with one attached hydrogen (secondary N) is 1. The van der Waals surface area contributed by atoms with Gasteiger partial charge in [-0.05, 0) is 68.5 Å². The Morgan fingerprint density at radius 3 is 2.21 bits per heavy atom. The fraction of sp³-hybridized carbons (Fsp3) is 0.394. The number of rotatable bonds is 15. The highest BCUT2D eigenvalue weighted by molar-refractivity contribution is 7.92. The second-order valence-electron chi connectivity index (χ2n) is 10.4. The molecule has 1 unspecified atom stereocenters. The van der Waals surface area contributed by atoms with E-state index >= 15 is 0 Å². The summed E-state index contributed by atoms with van der Waals surface area (Å²) in [6.07, 6.45) is 2.66. The second kappa shape index (κ2) is 15.4. The molecule has 8 nitrogen and oxygen atoms in total. The molecule has 0 aromatic heterocycles. The number of carbonyl (C=O) groups is 2. The Morgan fingerprint density at radius 2 is 1.60 bits per heavy atom. The van der Waals surface area contributed by atoms with Gasteiger partial charge >= 0.3 is 0 Å². The average molecular weight is 594 g/mol. The molecule has 9 heteroatoms. The maximum atomic E-state index is 14.2. The van der Waals surface area contributed by atoms with Crippen LogP contribution in [0.2, 0.25) is 0 Å². The number of hydrogen-bond donors (Lipinski definition) is 1. The lowest BCUT2D eigenvalue weighted by Crippen LogP contribution is -2.53. The van der Waals surface area contributed by atoms with Crippen molar-refractivity contribution in [2.75, 3.05) is 31.0 Å². The van der Waals surface area contributed by atoms with Crippen LogP contribution in [-0.4, -0.2) is 57.9 Å². The Kier molecular flexibility index (Phi) is 12.0. The second-order valence-corrected chi connectivity index (χ2v) is 12.3. The molecule has 0 bridgehead atoms. The van der Waals surface area contributed by atoms with Gasteiger partial charge in [0.25, 0.3) is 10.0 Å². The van der Waals surface area contributed by atoms with Crippen LogP contribution in [0.15, 0.2) is 77.7 Å². The van der Waals surface area contributed by atoms with Crippen LogP contribution >= 0.6 is 0 Å². The van der Waals surface area contributed by atoms with Crippen LogP contribution in [0.25, 0.3) is 0 Å². The van der Waals surface area contributed by atoms with Crippen molar-refractivity contribution in [3.63, 3.8) is 0 Å². The van der Waals surface area contributed by atoms with E-state index in [-0.39, 0.29) is 23.0 Å². The molecule has 0 saturated heterocycles. The fourth-order valence-corrected chi connectivity index (χ4v) is 6.16. The van der Waals surface area contributed by atoms with E-state index in [9.17, 15) is 18.0 Å². The van der Waals surface area contributed by atoms with Gasteiger partial charge < -0.3 is 15.0 Å². The summed E-state index contributed by atoms with van der Waals surface area (Å²) in [4.78, 5) is 29.1. The number of hydrogen-bond acceptors (Lipinski definition) is 5. The van der Waals surface area contributed by atoms with Gasteiger partial charge in [-0.25, -0.2) is 8.42 Å². The van der Waals surface area contributed by atoms with Crippen LogP contribution in [0, 0.1) is 13.8 Å². The predicted octanol–water partition coefficient (Wildman–Crippen LogP) is 5.27. The number of unbranched alkanes of at least 4 members (excludes halogenated alkanes) is 1. The molecule has 0 aliphatic carbocycles. The molecular weight excluding hydrogens is 550 g/mol. The van der Waals surface area contributed by atoms with Gasteiger partial charge in [-0.3, -0.25) is 13.9 Å². The minimum Gasteiger partial charge on any atom is -0.495 e. The largest absolute Gasteiger partial charge is 0.495 e. The lowest BCUT2D eigenvalue weighted by atomic mass is 10.1. The highest BCUT2D eigenvalue weighted by Gasteiger charge is 2.34. The van der Waals surface area contributed by atoms with Gasteiger partial charge in [-0.15, -0.1) is 0 Å². The zero-order chi connectivity index (χ0) is 30.7. The van der Waals surface area contributed by atoms with E-state index in [1.165, 1.54) is 24.1 Å². The van der Waals surface area contributed by atoms with E-state index in [1.807, 2.05) is 64.1 Å². The molecule has 3 rings (SSSR count). The van der Waals surface area contributed by atoms with Crippen LogP contribution in [0.3, 0.4) is 0 Å². The van der Waals surface area contributed by atoms with E-state index in [1.54, 1.807) is 24.3 Å². The number of ether oxygens (including phenoxy) is 1. The van der Waals surface area contributed by atoms with Crippen molar-refractivity contribution in [3.05, 3.63) is 89.5 Å². The standard InChI is InChI=1S/C33H43N3O5S/c1-6-8-21-34-33(38)29(7-2)35(22-20-27-12-10-9-11-13-27)32(37)24-36(30-23-26(4)16-19-31(30)41-5)42(39,40)28-17-14-25(3)15-18-28/h9-19,23,29H,6-8,20-22,24H2,1-5H3,(H,34,38). The van der Waals surface area contributed by atoms with E-state index in [4.69, 9.17) is 4.74 Å². The van der Waals surface area contributed by atoms with Crippen LogP contribution in [0.1, 0.15) is 49.8 Å². The first-order valence-corrected chi connectivity index (χ1v) is 15.9. The van der Waals surface area contributed by atoms with Gasteiger partial charge in [0, 0.05) is 13.1 Å². The van der Waals surface area contributed by atoms with E-state index in [0.29, 0.717) is 25.1 Å². The number of aryl methyl sites for hydroxylation is 2. The molecule has 0 spiro atoms. The van der Waals surface area contributed by atoms with Gasteiger partial charge in [-0.1, -0.05) is 74.4 Å². The summed E-state index contributed by atoms with van der Waals surface area (Å²) >= 11 is 0. The SMILES string of the molecule is CCCCNC(=O)C(CC)N(CCc1ccccc1)C(=O)CN(c1cc(C)ccc1OC)S(=O)(=O)c1ccc(C)cc1. The number of nitrogens with zero attached hydrogens (tertiary/aromatic N) is 2. The van der Waals surface area contributed by atoms with Gasteiger partial charge in [0.1, 0.15) is 18.3 Å². The highest BCUT2D eigenvalue weighted by atomic mass is 32.2. The third-order valence-electron chi connectivity index (χ3n) is 7.19. The van der Waals surface area contributed by atoms with Gasteiger partial charge in [0.15, 0.2) is 0 Å². The monoisotopic (exact) mass is 593 g/mol. The minimum atomic E-state index is -4.18. The molecule has 2 amide bonds. The van der Waals surface area contributed by atoms with Crippen molar-refractivity contribution in [3.8, 4) is 5.75 Å². The van der Waals surface area contributed by atoms with Crippen molar-refractivity contribution < 1.29 is 22.7 Å². The Balaban J connectivity index is 2.05. The summed E-state index contributed by atoms with van der Waals surface area (Å²) in [5.74, 6) is -0.389. The van der Waals surface area contributed by atoms with Crippen molar-refractivity contribution in [1.29, 1.82) is 0 Å². The molecule has 3 aromatic carbocycles. The average Bonchev–Trinajstić information content (AvgIpc) is 2.98. The summed E-state index contributed by atoms with van der Waals surface area (Å²) < 4.78 is 34.9. The molecule has 0 aliphatic heterocycles. The lowest BCUT2D eigenvalue weighted by Gasteiger charge is -2.33. The van der Waals surface area contributed by atoms with Crippen molar-refractivity contribution >= 4 is 27.5 Å². The Hall–Kier alpha value is -3.85. The maximum Gasteiger partial charge on any atom is 0.264 e. The Labute approximate surface area is 250 Å². The fourth-order valence-electron chi connectivity index (χ4n) is 4.75. The first-order valence-electron chi connectivity index (χ1n) is 14.5. The molecule has 3 aromatic rings. The molecule has 1 N–H and O–H groups in total. The molecular formula is C33H43N3O5S. The molecule has 42 heavy (non-hydrogen) atoms. The predicted molar refractivity (Wildman–Crippen MR) is 167 cm³/mol. The van der Waals surface area contributed by atoms with Crippen LogP contribution in [0.4, 0.5) is 5.69 Å². The molecule has 226 valence electrons. The first-order chi connectivity index (χ1) is 20.1. The summed E-state index contributed by atoms with van der Waals surface area (Å²) in [5.41, 5.74) is 3.00. The summed E-state index contributed by atoms with van der Waals surface area (Å²) in [6, 6.07) is 20.7. The number of sulfonamides is 1. The van der Waals surface area contributed by atoms with Crippen molar-refractivity contribution in [2.24, 2.45) is 0 Å². The third kappa shape index (κ3) is 8.35. The normalized spacial score (nSPS) is 11.9. The van der Waals surface area contributed by atoms with Crippen LogP contribution < -0.4 is 14.4 Å². The molecule has 0 saturated carbocycles. The van der Waals surface area contributed by atoms with E-state index in [0.717, 1.165) is 33.8 Å². The van der Waals surface area contributed by atoms with Gasteiger partial charge in [0.05, 0.1) is 17.7 Å². The van der Waals surface area contributed by atoms with E-state index in [2.05, 4.69) is 5.32 Å². The first kappa shape index (κ1) is 32.7. The summed E-state index contributed by atoms with van der Waals surface area (Å²) in [6.45, 7) is 7.90. The minimum absolute atomic E-state index is 0.0599. The topological polar surface area (TPSA) is 96.0 Å². The van der Waals surface area contributed by atoms with Crippen LogP contribution in [0.5, 0.6) is 5.75 Å². The number of benzene rings is 3. The number of methoxy groups -OCH3 is 1. The summed E-state index contributed by atoms with van der Waals surface area (Å²) in [7, 11) is -2.72. The van der Waals surface area contributed by atoms with Gasteiger partial charge in [-0.2, -0.15) is 0 Å². The smallest absolute Gasteiger partial charge is 0.264 e. The maximum absolute atomic E-state index is 14.2.